The molecule has 0 atom stereocenters. The molecule has 1 aromatic rings. The van der Waals surface area contributed by atoms with Gasteiger partial charge in [-0.25, -0.2) is 4.98 Å². The molecule has 1 aromatic heterocycles. The molecule has 4 saturated carbocycles. The second kappa shape index (κ2) is 5.81. The molecule has 5 rings (SSSR count). The average molecular weight is 314 g/mol. The Morgan fingerprint density at radius 1 is 1.26 bits per heavy atom. The van der Waals surface area contributed by atoms with Crippen LogP contribution in [-0.4, -0.2) is 24.0 Å². The molecule has 4 fully saturated rings. The van der Waals surface area contributed by atoms with Crippen LogP contribution in [0.4, 0.5) is 0 Å². The number of rotatable bonds is 5. The maximum absolute atomic E-state index is 12.6. The first-order chi connectivity index (χ1) is 11.2. The Morgan fingerprint density at radius 3 is 2.52 bits per heavy atom. The number of nitrogens with zero attached hydrogens (tertiary/aromatic N) is 1. The number of amides is 1. The summed E-state index contributed by atoms with van der Waals surface area (Å²) >= 11 is 0. The van der Waals surface area contributed by atoms with Crippen molar-refractivity contribution in [2.45, 2.75) is 45.4 Å². The zero-order valence-corrected chi connectivity index (χ0v) is 13.9. The van der Waals surface area contributed by atoms with E-state index in [1.165, 1.54) is 38.5 Å². The van der Waals surface area contributed by atoms with Gasteiger partial charge in [0.1, 0.15) is 5.56 Å². The van der Waals surface area contributed by atoms with Gasteiger partial charge in [0.05, 0.1) is 6.61 Å². The molecule has 23 heavy (non-hydrogen) atoms. The number of ether oxygens (including phenoxy) is 1. The lowest BCUT2D eigenvalue weighted by Crippen LogP contribution is -2.51. The number of nitrogens with one attached hydrogen (secondary N) is 1. The van der Waals surface area contributed by atoms with Gasteiger partial charge >= 0.3 is 0 Å². The summed E-state index contributed by atoms with van der Waals surface area (Å²) in [6.45, 7) is 3.24. The number of hydrogen-bond donors (Lipinski definition) is 1. The number of carbonyl (C=O) groups excluding carboxylic acids is 1. The summed E-state index contributed by atoms with van der Waals surface area (Å²) in [4.78, 5) is 16.8. The molecule has 0 aliphatic heterocycles. The van der Waals surface area contributed by atoms with Gasteiger partial charge < -0.3 is 10.1 Å². The highest BCUT2D eigenvalue weighted by Crippen LogP contribution is 2.59. The summed E-state index contributed by atoms with van der Waals surface area (Å²) in [5.74, 6) is 3.14. The molecule has 4 aliphatic rings. The van der Waals surface area contributed by atoms with E-state index in [-0.39, 0.29) is 5.91 Å². The van der Waals surface area contributed by atoms with E-state index in [9.17, 15) is 4.79 Å². The van der Waals surface area contributed by atoms with Gasteiger partial charge in [-0.1, -0.05) is 0 Å². The topological polar surface area (TPSA) is 51.2 Å². The summed E-state index contributed by atoms with van der Waals surface area (Å²) in [5.41, 5.74) is 0.914. The largest absolute Gasteiger partial charge is 0.477 e. The maximum atomic E-state index is 12.6. The van der Waals surface area contributed by atoms with Crippen LogP contribution >= 0.6 is 0 Å². The lowest BCUT2D eigenvalue weighted by atomic mass is 9.49. The molecule has 1 amide bonds. The minimum absolute atomic E-state index is 0.0442. The SMILES string of the molecule is CCOc1ncccc1C(=O)NCC12CC3CC(CC(C3)C1)C2. The highest BCUT2D eigenvalue weighted by molar-refractivity contribution is 5.96. The highest BCUT2D eigenvalue weighted by Gasteiger charge is 2.50. The van der Waals surface area contributed by atoms with Gasteiger partial charge in [0.2, 0.25) is 5.88 Å². The molecule has 4 bridgehead atoms. The van der Waals surface area contributed by atoms with Crippen molar-refractivity contribution in [3.8, 4) is 5.88 Å². The van der Waals surface area contributed by atoms with E-state index in [2.05, 4.69) is 10.3 Å². The van der Waals surface area contributed by atoms with Crippen molar-refractivity contribution in [1.82, 2.24) is 10.3 Å². The minimum Gasteiger partial charge on any atom is -0.477 e. The van der Waals surface area contributed by atoms with Crippen molar-refractivity contribution < 1.29 is 9.53 Å². The summed E-state index contributed by atoms with van der Waals surface area (Å²) in [6.07, 6.45) is 9.90. The summed E-state index contributed by atoms with van der Waals surface area (Å²) < 4.78 is 5.48. The first kappa shape index (κ1) is 15.0. The van der Waals surface area contributed by atoms with Crippen LogP contribution in [0.2, 0.25) is 0 Å². The Balaban J connectivity index is 1.44. The Kier molecular flexibility index (Phi) is 3.78. The molecule has 4 aliphatic carbocycles. The normalized spacial score (nSPS) is 34.4. The fourth-order valence-corrected chi connectivity index (χ4v) is 5.68. The number of pyridine rings is 1. The van der Waals surface area contributed by atoms with Gasteiger partial charge in [-0.2, -0.15) is 0 Å². The van der Waals surface area contributed by atoms with Crippen LogP contribution in [-0.2, 0) is 0 Å². The van der Waals surface area contributed by atoms with Gasteiger partial charge in [0, 0.05) is 12.7 Å². The van der Waals surface area contributed by atoms with Gasteiger partial charge in [-0.3, -0.25) is 4.79 Å². The Bertz CT molecular complexity index is 564. The van der Waals surface area contributed by atoms with Crippen molar-refractivity contribution >= 4 is 5.91 Å². The van der Waals surface area contributed by atoms with Gasteiger partial charge in [-0.05, 0) is 80.8 Å². The van der Waals surface area contributed by atoms with Crippen LogP contribution in [0.25, 0.3) is 0 Å². The van der Waals surface area contributed by atoms with E-state index in [0.29, 0.717) is 23.5 Å². The first-order valence-corrected chi connectivity index (χ1v) is 9.03. The fraction of sp³-hybridized carbons (Fsp3) is 0.684. The van der Waals surface area contributed by atoms with Crippen molar-refractivity contribution in [3.05, 3.63) is 23.9 Å². The molecule has 0 radical (unpaired) electrons. The lowest BCUT2D eigenvalue weighted by molar-refractivity contribution is -0.0503. The van der Waals surface area contributed by atoms with Crippen molar-refractivity contribution in [3.63, 3.8) is 0 Å². The van der Waals surface area contributed by atoms with Gasteiger partial charge in [0.15, 0.2) is 0 Å². The van der Waals surface area contributed by atoms with Crippen molar-refractivity contribution in [1.29, 1.82) is 0 Å². The highest BCUT2D eigenvalue weighted by atomic mass is 16.5. The Morgan fingerprint density at radius 2 is 1.91 bits per heavy atom. The molecule has 0 aromatic carbocycles. The molecule has 0 spiro atoms. The van der Waals surface area contributed by atoms with Crippen LogP contribution in [0.1, 0.15) is 55.8 Å². The molecule has 4 heteroatoms. The zero-order valence-electron chi connectivity index (χ0n) is 13.9. The molecule has 124 valence electrons. The standard InChI is InChI=1S/C19H26N2O2/c1-2-23-18-16(4-3-5-20-18)17(22)21-12-19-9-13-6-14(10-19)8-15(7-13)11-19/h3-5,13-15H,2,6-12H2,1H3,(H,21,22). The third-order valence-corrected chi connectivity index (χ3v) is 6.09. The smallest absolute Gasteiger partial charge is 0.256 e. The third kappa shape index (κ3) is 2.84. The molecule has 1 heterocycles. The third-order valence-electron chi connectivity index (χ3n) is 6.09. The molecular formula is C19H26N2O2. The molecular weight excluding hydrogens is 288 g/mol. The lowest BCUT2D eigenvalue weighted by Gasteiger charge is -2.56. The Labute approximate surface area is 138 Å². The zero-order chi connectivity index (χ0) is 15.9. The summed E-state index contributed by atoms with van der Waals surface area (Å²) in [6, 6.07) is 3.59. The fourth-order valence-electron chi connectivity index (χ4n) is 5.68. The average Bonchev–Trinajstić information content (AvgIpc) is 2.52. The second-order valence-corrected chi connectivity index (χ2v) is 7.89. The van der Waals surface area contributed by atoms with Crippen molar-refractivity contribution in [2.75, 3.05) is 13.2 Å². The Hall–Kier alpha value is -1.58. The molecule has 4 nitrogen and oxygen atoms in total. The predicted molar refractivity (Wildman–Crippen MR) is 88.3 cm³/mol. The van der Waals surface area contributed by atoms with Gasteiger partial charge in [-0.15, -0.1) is 0 Å². The van der Waals surface area contributed by atoms with E-state index in [1.54, 1.807) is 18.3 Å². The second-order valence-electron chi connectivity index (χ2n) is 7.89. The van der Waals surface area contributed by atoms with Crippen LogP contribution in [0, 0.1) is 23.2 Å². The maximum Gasteiger partial charge on any atom is 0.256 e. The van der Waals surface area contributed by atoms with E-state index < -0.39 is 0 Å². The van der Waals surface area contributed by atoms with E-state index in [0.717, 1.165) is 24.3 Å². The van der Waals surface area contributed by atoms with Crippen LogP contribution in [0.15, 0.2) is 18.3 Å². The van der Waals surface area contributed by atoms with Crippen LogP contribution in [0.3, 0.4) is 0 Å². The minimum atomic E-state index is -0.0442. The summed E-state index contributed by atoms with van der Waals surface area (Å²) in [7, 11) is 0. The molecule has 1 N–H and O–H groups in total. The summed E-state index contributed by atoms with van der Waals surface area (Å²) in [5, 5.41) is 3.20. The monoisotopic (exact) mass is 314 g/mol. The quantitative estimate of drug-likeness (QED) is 0.906. The number of carbonyl (C=O) groups is 1. The van der Waals surface area contributed by atoms with E-state index >= 15 is 0 Å². The number of hydrogen-bond acceptors (Lipinski definition) is 3. The van der Waals surface area contributed by atoms with Crippen LogP contribution in [0.5, 0.6) is 5.88 Å². The predicted octanol–water partition coefficient (Wildman–Crippen LogP) is 3.43. The van der Waals surface area contributed by atoms with E-state index in [1.807, 2.05) is 6.92 Å². The van der Waals surface area contributed by atoms with Crippen LogP contribution < -0.4 is 10.1 Å². The molecule has 0 unspecified atom stereocenters. The van der Waals surface area contributed by atoms with Crippen molar-refractivity contribution in [2.24, 2.45) is 23.2 Å². The molecule has 0 saturated heterocycles. The van der Waals surface area contributed by atoms with E-state index in [4.69, 9.17) is 4.74 Å². The first-order valence-electron chi connectivity index (χ1n) is 9.03. The number of aromatic nitrogens is 1. The van der Waals surface area contributed by atoms with Gasteiger partial charge in [0.25, 0.3) is 5.91 Å².